The van der Waals surface area contributed by atoms with E-state index in [4.69, 9.17) is 29.9 Å². The Bertz CT molecular complexity index is 2410. The lowest BCUT2D eigenvalue weighted by molar-refractivity contribution is -0.119. The highest BCUT2D eigenvalue weighted by Crippen LogP contribution is 2.16. The predicted molar refractivity (Wildman–Crippen MR) is 307 cm³/mol. The summed E-state index contributed by atoms with van der Waals surface area (Å²) in [6, 6.07) is 27.0. The first kappa shape index (κ1) is 88.6. The average Bonchev–Trinajstić information content (AvgIpc) is 3.39. The molecule has 5 aromatic carbocycles. The van der Waals surface area contributed by atoms with Crippen LogP contribution in [0.5, 0.6) is 0 Å². The molecule has 460 valence electrons. The molecule has 0 aliphatic rings. The van der Waals surface area contributed by atoms with Gasteiger partial charge in [-0.3, -0.25) is 28.7 Å². The second kappa shape index (κ2) is 50.7. The van der Waals surface area contributed by atoms with E-state index in [1.165, 1.54) is 51.1 Å². The molecule has 0 radical (unpaired) electrons. The highest BCUT2D eigenvalue weighted by atomic mass is 35.5. The van der Waals surface area contributed by atoms with Crippen LogP contribution < -0.4 is 26.6 Å². The number of Topliss-reactive ketones (excluding diaryl/α,β-unsaturated/α-hetero) is 5. The standard InChI is InChI=1S/C11H14ClNO.C11H12F3NO.3C11H14FNO.4CH4.2F2.FH/c1-8(14)11(13-2)7-9-4-3-5-10(12)6-9;1-6(16)10(15-2)5-7-3-8(12)11(14)9(13)4-7;1-8(14)11(13-2)7-9-3-5-10(12)6-4-9;1-8(14)11(13-2)7-9-4-3-5-10(12)6-9;1-8(14)11(13-2)7-9-5-3-4-6-10(9)12;;;;;2*1-2;/h3-6,11,13H,7H2,1-2H3;3-4,10,15H,5H2,1-2H3;3*3-6,11,13H,7H2,1-2H3;4*1H4;;;1H/t11-;10-;3*11-;;;;;;;/m00000......./s1. The molecule has 0 fully saturated rings. The van der Waals surface area contributed by atoms with Gasteiger partial charge in [0.1, 0.15) is 46.4 Å². The number of ketones is 5. The van der Waals surface area contributed by atoms with E-state index in [1.807, 2.05) is 30.3 Å². The maximum Gasteiger partial charge on any atom is 0.194 e. The van der Waals surface area contributed by atoms with Gasteiger partial charge in [-0.15, -0.1) is 0 Å². The molecule has 0 aliphatic heterocycles. The molecule has 5 atom stereocenters. The van der Waals surface area contributed by atoms with E-state index < -0.39 is 23.5 Å². The van der Waals surface area contributed by atoms with E-state index in [-0.39, 0.29) is 117 Å². The highest BCUT2D eigenvalue weighted by molar-refractivity contribution is 6.30. The maximum absolute atomic E-state index is 13.2. The summed E-state index contributed by atoms with van der Waals surface area (Å²) in [5, 5.41) is 15.1. The van der Waals surface area contributed by atoms with Crippen LogP contribution in [0.25, 0.3) is 0 Å². The average molecular weight is 1190 g/mol. The van der Waals surface area contributed by atoms with Crippen LogP contribution in [0.4, 0.5) is 49.3 Å². The van der Waals surface area contributed by atoms with E-state index in [0.29, 0.717) is 36.3 Å². The molecule has 0 heterocycles. The zero-order valence-corrected chi connectivity index (χ0v) is 45.2. The van der Waals surface area contributed by atoms with E-state index >= 15 is 0 Å². The van der Waals surface area contributed by atoms with Gasteiger partial charge in [0.05, 0.1) is 30.2 Å². The van der Waals surface area contributed by atoms with E-state index in [2.05, 4.69) is 26.6 Å². The summed E-state index contributed by atoms with van der Waals surface area (Å²) < 4.78 is 109. The van der Waals surface area contributed by atoms with Gasteiger partial charge in [0, 0.05) is 23.3 Å². The van der Waals surface area contributed by atoms with Crippen molar-refractivity contribution in [1.29, 1.82) is 0 Å². The van der Waals surface area contributed by atoms with Gasteiger partial charge in [0.25, 0.3) is 0 Å². The van der Waals surface area contributed by atoms with Crippen LogP contribution in [0, 0.1) is 34.9 Å². The molecule has 5 rings (SSSR count). The molecular weight excluding hydrogens is 1100 g/mol. The van der Waals surface area contributed by atoms with E-state index in [9.17, 15) is 50.3 Å². The van der Waals surface area contributed by atoms with Crippen molar-refractivity contribution in [3.05, 3.63) is 177 Å². The van der Waals surface area contributed by atoms with Crippen molar-refractivity contribution in [3.63, 3.8) is 0 Å². The van der Waals surface area contributed by atoms with Crippen molar-refractivity contribution < 1.29 is 73.3 Å². The number of likely N-dealkylation sites (N-methyl/N-ethyl adjacent to an activating group) is 5. The fourth-order valence-electron chi connectivity index (χ4n) is 6.75. The predicted octanol–water partition coefficient (Wildman–Crippen LogP) is 12.9. The third kappa shape index (κ3) is 37.4. The first-order valence-corrected chi connectivity index (χ1v) is 23.6. The minimum Gasteiger partial charge on any atom is -0.310 e. The lowest BCUT2D eigenvalue weighted by Crippen LogP contribution is -2.34. The Morgan fingerprint density at radius 3 is 1.06 bits per heavy atom. The summed E-state index contributed by atoms with van der Waals surface area (Å²) >= 11 is 5.85. The minimum absolute atomic E-state index is 0. The molecule has 81 heavy (non-hydrogen) atoms. The molecule has 0 amide bonds. The van der Waals surface area contributed by atoms with Crippen LogP contribution in [0.1, 0.15) is 92.1 Å². The van der Waals surface area contributed by atoms with Crippen LogP contribution >= 0.6 is 11.6 Å². The number of rotatable bonds is 20. The van der Waals surface area contributed by atoms with Crippen LogP contribution in [0.3, 0.4) is 0 Å². The van der Waals surface area contributed by atoms with Gasteiger partial charge >= 0.3 is 0 Å². The van der Waals surface area contributed by atoms with Crippen molar-refractivity contribution in [3.8, 4) is 0 Å². The maximum atomic E-state index is 13.2. The number of hydrogen-bond donors (Lipinski definition) is 5. The monoisotopic (exact) mass is 1190 g/mol. The smallest absolute Gasteiger partial charge is 0.194 e. The number of halogens is 12. The van der Waals surface area contributed by atoms with Gasteiger partial charge in [-0.2, -0.15) is 0 Å². The lowest BCUT2D eigenvalue weighted by atomic mass is 10.0. The van der Waals surface area contributed by atoms with Crippen LogP contribution in [-0.2, 0) is 56.1 Å². The van der Waals surface area contributed by atoms with Gasteiger partial charge in [-0.25, -0.2) is 26.3 Å². The molecule has 22 heteroatoms. The summed E-state index contributed by atoms with van der Waals surface area (Å²) in [5.41, 5.74) is 3.68. The van der Waals surface area contributed by atoms with Crippen molar-refractivity contribution in [2.24, 2.45) is 0 Å². The van der Waals surface area contributed by atoms with Crippen LogP contribution in [0.2, 0.25) is 5.02 Å². The second-order valence-electron chi connectivity index (χ2n) is 16.6. The number of carbonyl (C=O) groups is 5. The quantitative estimate of drug-likeness (QED) is 0.0377. The Morgan fingerprint density at radius 1 is 0.383 bits per heavy atom. The molecule has 0 spiro atoms. The summed E-state index contributed by atoms with van der Waals surface area (Å²) in [4.78, 5) is 55.6. The zero-order valence-electron chi connectivity index (χ0n) is 44.4. The molecule has 10 nitrogen and oxygen atoms in total. The van der Waals surface area contributed by atoms with Crippen LogP contribution in [0.15, 0.2) is 109 Å². The fourth-order valence-corrected chi connectivity index (χ4v) is 6.96. The van der Waals surface area contributed by atoms with Crippen molar-refractivity contribution in [2.45, 2.75) is 127 Å². The summed E-state index contributed by atoms with van der Waals surface area (Å²) in [6.45, 7) is 7.54. The van der Waals surface area contributed by atoms with Crippen molar-refractivity contribution in [2.75, 3.05) is 35.2 Å². The van der Waals surface area contributed by atoms with Crippen molar-refractivity contribution >= 4 is 40.5 Å². The van der Waals surface area contributed by atoms with Gasteiger partial charge in [0.2, 0.25) is 0 Å². The van der Waals surface area contributed by atoms with Gasteiger partial charge in [0.15, 0.2) is 17.5 Å². The lowest BCUT2D eigenvalue weighted by Gasteiger charge is -2.12. The molecule has 5 N–H and O–H groups in total. The molecule has 0 unspecified atom stereocenters. The molecular formula is C59H85ClF11N5O5. The first-order chi connectivity index (χ1) is 36.0. The molecule has 0 aromatic heterocycles. The van der Waals surface area contributed by atoms with Crippen LogP contribution in [-0.4, -0.2) is 94.4 Å². The number of carbonyl (C=O) groups excluding carboxylic acids is 5. The summed E-state index contributed by atoms with van der Waals surface area (Å²) in [7, 11) is 8.53. The number of benzene rings is 5. The molecule has 0 bridgehead atoms. The molecule has 0 saturated heterocycles. The number of hydrogen-bond acceptors (Lipinski definition) is 10. The minimum atomic E-state index is -1.49. The Labute approximate surface area is 477 Å². The Kier molecular flexibility index (Phi) is 55.5. The van der Waals surface area contributed by atoms with Gasteiger partial charge < -0.3 is 26.6 Å². The zero-order chi connectivity index (χ0) is 58.5. The Hall–Kier alpha value is -6.23. The normalized spacial score (nSPS) is 11.3. The number of nitrogens with one attached hydrogen (secondary N) is 5. The largest absolute Gasteiger partial charge is 0.310 e. The Morgan fingerprint density at radius 2 is 0.716 bits per heavy atom. The van der Waals surface area contributed by atoms with Gasteiger partial charge in [-0.05, 0) is 184 Å². The van der Waals surface area contributed by atoms with E-state index in [0.717, 1.165) is 28.8 Å². The summed E-state index contributed by atoms with van der Waals surface area (Å²) in [6.07, 6.45) is 2.35. The Balaban J connectivity index is -0.000000164. The molecule has 0 saturated carbocycles. The van der Waals surface area contributed by atoms with Gasteiger partial charge in [-0.1, -0.05) is 95.9 Å². The topological polar surface area (TPSA) is 146 Å². The summed E-state index contributed by atoms with van der Waals surface area (Å²) in [5.74, 6) is -4.56. The second-order valence-corrected chi connectivity index (χ2v) is 17.1. The third-order valence-electron chi connectivity index (χ3n) is 11.1. The highest BCUT2D eigenvalue weighted by Gasteiger charge is 2.18. The SMILES string of the molecule is C.C.C.C.CN[C@@H](Cc1cc(F)c(F)c(F)c1)C(C)=O.CN[C@@H](Cc1ccc(F)cc1)C(C)=O.CN[C@@H](Cc1cccc(Cl)c1)C(C)=O.CN[C@@H](Cc1cccc(F)c1)C(C)=O.CN[C@@H](Cc1ccccc1F)C(C)=O.F.FF.FF. The van der Waals surface area contributed by atoms with Crippen molar-refractivity contribution in [1.82, 2.24) is 26.6 Å². The fraction of sp³-hybridized carbons (Fsp3) is 0.407. The first-order valence-electron chi connectivity index (χ1n) is 23.3. The third-order valence-corrected chi connectivity index (χ3v) is 11.3. The van der Waals surface area contributed by atoms with E-state index in [1.54, 1.807) is 85.5 Å². The molecule has 0 aliphatic carbocycles. The molecule has 5 aromatic rings.